The first-order chi connectivity index (χ1) is 12.5. The van der Waals surface area contributed by atoms with E-state index in [1.54, 1.807) is 48.5 Å². The Hall–Kier alpha value is -2.37. The summed E-state index contributed by atoms with van der Waals surface area (Å²) in [5.41, 5.74) is 1.04. The Labute approximate surface area is 164 Å². The summed E-state index contributed by atoms with van der Waals surface area (Å²) in [6.07, 6.45) is 1.54. The lowest BCUT2D eigenvalue weighted by Crippen LogP contribution is -2.29. The molecule has 1 aliphatic heterocycles. The van der Waals surface area contributed by atoms with Crippen LogP contribution in [0.4, 0.5) is 0 Å². The summed E-state index contributed by atoms with van der Waals surface area (Å²) < 4.78 is 0.837. The maximum Gasteiger partial charge on any atom is 0.295 e. The zero-order valence-corrected chi connectivity index (χ0v) is 16.0. The molecule has 0 spiro atoms. The van der Waals surface area contributed by atoms with E-state index in [1.807, 2.05) is 0 Å². The number of Topliss-reactive ketones (excluding diaryl/α,β-unsaturated/α-hetero) is 1. The second-order valence-electron chi connectivity index (χ2n) is 5.77. The van der Waals surface area contributed by atoms with Gasteiger partial charge in [-0.2, -0.15) is 0 Å². The topological polar surface area (TPSA) is 57.6 Å². The van der Waals surface area contributed by atoms with Gasteiger partial charge in [0.1, 0.15) is 5.76 Å². The molecule has 4 nitrogen and oxygen atoms in total. The molecule has 1 atom stereocenters. The Balaban J connectivity index is 2.23. The minimum absolute atomic E-state index is 0.0206. The molecule has 2 aromatic rings. The summed E-state index contributed by atoms with van der Waals surface area (Å²) in [4.78, 5) is 26.6. The van der Waals surface area contributed by atoms with Gasteiger partial charge in [0.25, 0.3) is 11.7 Å². The smallest absolute Gasteiger partial charge is 0.295 e. The third-order valence-electron chi connectivity index (χ3n) is 4.18. The van der Waals surface area contributed by atoms with Crippen LogP contribution in [-0.2, 0) is 9.59 Å². The van der Waals surface area contributed by atoms with Crippen molar-refractivity contribution in [1.82, 2.24) is 4.90 Å². The summed E-state index contributed by atoms with van der Waals surface area (Å²) in [7, 11) is 0. The fraction of sp³-hybridized carbons (Fsp3) is 0.100. The van der Waals surface area contributed by atoms with E-state index < -0.39 is 17.7 Å². The lowest BCUT2D eigenvalue weighted by atomic mass is 9.95. The summed E-state index contributed by atoms with van der Waals surface area (Å²) in [6, 6.07) is 13.0. The number of likely N-dealkylation sites (tertiary alicyclic amines) is 1. The van der Waals surface area contributed by atoms with Gasteiger partial charge in [-0.3, -0.25) is 9.59 Å². The van der Waals surface area contributed by atoms with Gasteiger partial charge in [0.05, 0.1) is 11.6 Å². The molecule has 1 fully saturated rings. The highest BCUT2D eigenvalue weighted by molar-refractivity contribution is 9.10. The minimum atomic E-state index is -0.773. The van der Waals surface area contributed by atoms with Crippen LogP contribution in [0.15, 0.2) is 71.2 Å². The third-order valence-corrected chi connectivity index (χ3v) is 5.06. The molecule has 3 rings (SSSR count). The van der Waals surface area contributed by atoms with Crippen LogP contribution in [0.2, 0.25) is 5.02 Å². The number of aliphatic hydroxyl groups is 1. The summed E-state index contributed by atoms with van der Waals surface area (Å²) in [6.45, 7) is 3.81. The minimum Gasteiger partial charge on any atom is -0.507 e. The van der Waals surface area contributed by atoms with Gasteiger partial charge < -0.3 is 10.0 Å². The van der Waals surface area contributed by atoms with Gasteiger partial charge in [-0.1, -0.05) is 63.9 Å². The highest BCUT2D eigenvalue weighted by Crippen LogP contribution is 2.41. The Kier molecular flexibility index (Phi) is 5.30. The van der Waals surface area contributed by atoms with E-state index in [9.17, 15) is 14.7 Å². The van der Waals surface area contributed by atoms with E-state index in [-0.39, 0.29) is 17.9 Å². The zero-order valence-electron chi connectivity index (χ0n) is 13.7. The lowest BCUT2D eigenvalue weighted by molar-refractivity contribution is -0.139. The molecule has 1 saturated heterocycles. The van der Waals surface area contributed by atoms with Crippen molar-refractivity contribution in [3.63, 3.8) is 0 Å². The molecule has 0 saturated carbocycles. The van der Waals surface area contributed by atoms with Gasteiger partial charge in [0.15, 0.2) is 0 Å². The molecule has 0 bridgehead atoms. The number of ketones is 1. The molecule has 0 aromatic heterocycles. The average Bonchev–Trinajstić information content (AvgIpc) is 2.87. The Bertz CT molecular complexity index is 921. The number of rotatable bonds is 4. The molecule has 1 heterocycles. The molecule has 1 amide bonds. The SMILES string of the molecule is C=CCN1C(=O)C(=O)/C(=C(/O)c2ccc(Br)cc2)[C@H]1c1ccccc1Cl. The van der Waals surface area contributed by atoms with E-state index in [4.69, 9.17) is 11.6 Å². The van der Waals surface area contributed by atoms with Gasteiger partial charge in [0, 0.05) is 21.6 Å². The van der Waals surface area contributed by atoms with Gasteiger partial charge >= 0.3 is 0 Å². The molecule has 2 aromatic carbocycles. The number of halogens is 2. The van der Waals surface area contributed by atoms with Crippen molar-refractivity contribution >= 4 is 45.0 Å². The number of aliphatic hydroxyl groups excluding tert-OH is 1. The first-order valence-corrected chi connectivity index (χ1v) is 9.02. The molecule has 132 valence electrons. The van der Waals surface area contributed by atoms with Gasteiger partial charge in [0.2, 0.25) is 0 Å². The second-order valence-corrected chi connectivity index (χ2v) is 7.09. The fourth-order valence-electron chi connectivity index (χ4n) is 2.99. The average molecular weight is 433 g/mol. The van der Waals surface area contributed by atoms with Crippen molar-refractivity contribution in [1.29, 1.82) is 0 Å². The number of carbonyl (C=O) groups excluding carboxylic acids is 2. The Morgan fingerprint density at radius 2 is 1.85 bits per heavy atom. The summed E-state index contributed by atoms with van der Waals surface area (Å²) in [5, 5.41) is 11.2. The molecular formula is C20H15BrClNO3. The van der Waals surface area contributed by atoms with E-state index in [0.717, 1.165) is 4.47 Å². The number of hydrogen-bond donors (Lipinski definition) is 1. The normalized spacial score (nSPS) is 19.0. The summed E-state index contributed by atoms with van der Waals surface area (Å²) >= 11 is 9.65. The van der Waals surface area contributed by atoms with Crippen LogP contribution >= 0.6 is 27.5 Å². The van der Waals surface area contributed by atoms with Crippen LogP contribution in [0, 0.1) is 0 Å². The maximum atomic E-state index is 12.7. The first kappa shape index (κ1) is 18.4. The fourth-order valence-corrected chi connectivity index (χ4v) is 3.49. The standard InChI is InChI=1S/C20H15BrClNO3/c1-2-11-23-17(14-5-3-4-6-15(14)22)16(19(25)20(23)26)18(24)12-7-9-13(21)10-8-12/h2-10,17,24H,1,11H2/b18-16+/t17-/m1/s1. The highest BCUT2D eigenvalue weighted by atomic mass is 79.9. The molecule has 0 aliphatic carbocycles. The van der Waals surface area contributed by atoms with Crippen LogP contribution in [-0.4, -0.2) is 28.2 Å². The van der Waals surface area contributed by atoms with Crippen molar-refractivity contribution in [3.8, 4) is 0 Å². The van der Waals surface area contributed by atoms with Crippen LogP contribution in [0.5, 0.6) is 0 Å². The van der Waals surface area contributed by atoms with E-state index in [1.165, 1.54) is 11.0 Å². The van der Waals surface area contributed by atoms with Crippen molar-refractivity contribution in [3.05, 3.63) is 87.4 Å². The van der Waals surface area contributed by atoms with Crippen LogP contribution < -0.4 is 0 Å². The van der Waals surface area contributed by atoms with Crippen LogP contribution in [0.3, 0.4) is 0 Å². The quantitative estimate of drug-likeness (QED) is 0.329. The number of amides is 1. The van der Waals surface area contributed by atoms with Crippen molar-refractivity contribution in [2.75, 3.05) is 6.54 Å². The molecule has 26 heavy (non-hydrogen) atoms. The summed E-state index contributed by atoms with van der Waals surface area (Å²) in [5.74, 6) is -1.65. The maximum absolute atomic E-state index is 12.7. The predicted molar refractivity (Wildman–Crippen MR) is 105 cm³/mol. The Morgan fingerprint density at radius 3 is 2.46 bits per heavy atom. The zero-order chi connectivity index (χ0) is 18.8. The predicted octanol–water partition coefficient (Wildman–Crippen LogP) is 4.71. The second kappa shape index (κ2) is 7.48. The lowest BCUT2D eigenvalue weighted by Gasteiger charge is -2.24. The van der Waals surface area contributed by atoms with Gasteiger partial charge in [-0.25, -0.2) is 0 Å². The van der Waals surface area contributed by atoms with Gasteiger partial charge in [-0.15, -0.1) is 6.58 Å². The third kappa shape index (κ3) is 3.20. The van der Waals surface area contributed by atoms with Crippen molar-refractivity contribution < 1.29 is 14.7 Å². The molecule has 1 aliphatic rings. The van der Waals surface area contributed by atoms with Crippen LogP contribution in [0.1, 0.15) is 17.2 Å². The van der Waals surface area contributed by atoms with Crippen molar-refractivity contribution in [2.45, 2.75) is 6.04 Å². The van der Waals surface area contributed by atoms with E-state index in [2.05, 4.69) is 22.5 Å². The molecule has 1 N–H and O–H groups in total. The largest absolute Gasteiger partial charge is 0.507 e. The molecule has 6 heteroatoms. The Morgan fingerprint density at radius 1 is 1.19 bits per heavy atom. The molecular weight excluding hydrogens is 418 g/mol. The monoisotopic (exact) mass is 431 g/mol. The van der Waals surface area contributed by atoms with Crippen molar-refractivity contribution in [2.24, 2.45) is 0 Å². The van der Waals surface area contributed by atoms with Gasteiger partial charge in [-0.05, 0) is 23.8 Å². The number of benzene rings is 2. The first-order valence-electron chi connectivity index (χ1n) is 7.85. The number of nitrogens with zero attached hydrogens (tertiary/aromatic N) is 1. The molecule has 0 unspecified atom stereocenters. The van der Waals surface area contributed by atoms with Crippen LogP contribution in [0.25, 0.3) is 5.76 Å². The van der Waals surface area contributed by atoms with E-state index >= 15 is 0 Å². The van der Waals surface area contributed by atoms with E-state index in [0.29, 0.717) is 16.1 Å². The highest BCUT2D eigenvalue weighted by Gasteiger charge is 2.46. The molecule has 0 radical (unpaired) electrons. The number of carbonyl (C=O) groups is 2. The number of hydrogen-bond acceptors (Lipinski definition) is 3.